The average Bonchev–Trinajstić information content (AvgIpc) is 2.76. The lowest BCUT2D eigenvalue weighted by Crippen LogP contribution is -2.44. The maximum absolute atomic E-state index is 12.6. The van der Waals surface area contributed by atoms with Gasteiger partial charge in [0.05, 0.1) is 18.2 Å². The van der Waals surface area contributed by atoms with E-state index in [1.165, 1.54) is 11.3 Å². The number of amides is 2. The number of imide groups is 1. The van der Waals surface area contributed by atoms with E-state index in [0.29, 0.717) is 12.1 Å². The summed E-state index contributed by atoms with van der Waals surface area (Å²) in [5, 5.41) is 0. The van der Waals surface area contributed by atoms with Crippen molar-refractivity contribution in [1.29, 1.82) is 0 Å². The second kappa shape index (κ2) is 5.81. The minimum absolute atomic E-state index is 0.0573. The standard InChI is InChI=1S/C15H17IN2O2/c16-11-4-6-12(7-5-11)18-14(19)10-13(15(18)20)17-8-2-1-3-9-17/h4-7,13H,1-3,8-10H2/t13-/m0/s1. The summed E-state index contributed by atoms with van der Waals surface area (Å²) in [6.07, 6.45) is 3.81. The van der Waals surface area contributed by atoms with Gasteiger partial charge in [0.2, 0.25) is 5.91 Å². The number of nitrogens with zero attached hydrogens (tertiary/aromatic N) is 2. The van der Waals surface area contributed by atoms with E-state index in [0.717, 1.165) is 29.5 Å². The van der Waals surface area contributed by atoms with Gasteiger partial charge >= 0.3 is 0 Å². The first kappa shape index (κ1) is 14.0. The van der Waals surface area contributed by atoms with E-state index in [1.807, 2.05) is 24.3 Å². The zero-order valence-corrected chi connectivity index (χ0v) is 13.4. The lowest BCUT2D eigenvalue weighted by Gasteiger charge is -2.30. The number of piperidine rings is 1. The highest BCUT2D eigenvalue weighted by Crippen LogP contribution is 2.27. The molecule has 1 aromatic carbocycles. The summed E-state index contributed by atoms with van der Waals surface area (Å²) in [4.78, 5) is 28.3. The first-order valence-electron chi connectivity index (χ1n) is 7.03. The summed E-state index contributed by atoms with van der Waals surface area (Å²) in [7, 11) is 0. The summed E-state index contributed by atoms with van der Waals surface area (Å²) in [5.41, 5.74) is 0.694. The Morgan fingerprint density at radius 2 is 1.65 bits per heavy atom. The molecule has 2 fully saturated rings. The van der Waals surface area contributed by atoms with E-state index in [9.17, 15) is 9.59 Å². The molecule has 2 saturated heterocycles. The minimum atomic E-state index is -0.248. The predicted molar refractivity (Wildman–Crippen MR) is 85.5 cm³/mol. The van der Waals surface area contributed by atoms with Crippen molar-refractivity contribution in [2.75, 3.05) is 18.0 Å². The third kappa shape index (κ3) is 2.61. The van der Waals surface area contributed by atoms with Crippen molar-refractivity contribution in [2.45, 2.75) is 31.7 Å². The normalized spacial score (nSPS) is 24.4. The molecule has 0 radical (unpaired) electrons. The number of halogens is 1. The Morgan fingerprint density at radius 1 is 1.00 bits per heavy atom. The molecule has 5 heteroatoms. The van der Waals surface area contributed by atoms with Crippen molar-refractivity contribution < 1.29 is 9.59 Å². The molecule has 0 unspecified atom stereocenters. The van der Waals surface area contributed by atoms with Crippen molar-refractivity contribution in [3.05, 3.63) is 27.8 Å². The molecule has 2 heterocycles. The van der Waals surface area contributed by atoms with Gasteiger partial charge < -0.3 is 0 Å². The molecule has 2 aliphatic heterocycles. The van der Waals surface area contributed by atoms with E-state index in [2.05, 4.69) is 27.5 Å². The Morgan fingerprint density at radius 3 is 2.30 bits per heavy atom. The zero-order valence-electron chi connectivity index (χ0n) is 11.2. The van der Waals surface area contributed by atoms with Gasteiger partial charge in [0.1, 0.15) is 0 Å². The number of rotatable bonds is 2. The largest absolute Gasteiger partial charge is 0.292 e. The molecule has 106 valence electrons. The number of anilines is 1. The first-order chi connectivity index (χ1) is 9.66. The summed E-state index contributed by atoms with van der Waals surface area (Å²) in [6, 6.07) is 7.28. The second-order valence-electron chi connectivity index (χ2n) is 5.36. The molecule has 0 spiro atoms. The molecular formula is C15H17IN2O2. The smallest absolute Gasteiger partial charge is 0.251 e. The van der Waals surface area contributed by atoms with Crippen LogP contribution < -0.4 is 4.90 Å². The van der Waals surface area contributed by atoms with Crippen LogP contribution in [-0.4, -0.2) is 35.8 Å². The van der Waals surface area contributed by atoms with Gasteiger partial charge in [-0.2, -0.15) is 0 Å². The van der Waals surface area contributed by atoms with Crippen molar-refractivity contribution >= 4 is 40.1 Å². The molecule has 0 aromatic heterocycles. The topological polar surface area (TPSA) is 40.6 Å². The fourth-order valence-corrected chi connectivity index (χ4v) is 3.35. The molecule has 1 aromatic rings. The van der Waals surface area contributed by atoms with Crippen LogP contribution in [0.25, 0.3) is 0 Å². The lowest BCUT2D eigenvalue weighted by atomic mass is 10.1. The molecular weight excluding hydrogens is 367 g/mol. The predicted octanol–water partition coefficient (Wildman–Crippen LogP) is 2.41. The van der Waals surface area contributed by atoms with Gasteiger partial charge in [-0.3, -0.25) is 14.5 Å². The van der Waals surface area contributed by atoms with Crippen LogP contribution in [-0.2, 0) is 9.59 Å². The van der Waals surface area contributed by atoms with Gasteiger partial charge in [-0.05, 0) is 72.8 Å². The third-order valence-electron chi connectivity index (χ3n) is 4.04. The van der Waals surface area contributed by atoms with Gasteiger partial charge in [0.25, 0.3) is 5.91 Å². The summed E-state index contributed by atoms with van der Waals surface area (Å²) >= 11 is 2.21. The molecule has 0 saturated carbocycles. The fraction of sp³-hybridized carbons (Fsp3) is 0.467. The maximum atomic E-state index is 12.6. The number of hydrogen-bond donors (Lipinski definition) is 0. The Labute approximate surface area is 132 Å². The summed E-state index contributed by atoms with van der Waals surface area (Å²) in [5.74, 6) is -0.134. The average molecular weight is 384 g/mol. The monoisotopic (exact) mass is 384 g/mol. The Hall–Kier alpha value is -0.950. The van der Waals surface area contributed by atoms with Gasteiger partial charge in [-0.15, -0.1) is 0 Å². The maximum Gasteiger partial charge on any atom is 0.251 e. The van der Waals surface area contributed by atoms with Crippen LogP contribution in [0, 0.1) is 3.57 Å². The Bertz CT molecular complexity index is 523. The number of likely N-dealkylation sites (tertiary alicyclic amines) is 1. The third-order valence-corrected chi connectivity index (χ3v) is 4.76. The molecule has 0 bridgehead atoms. The quantitative estimate of drug-likeness (QED) is 0.581. The van der Waals surface area contributed by atoms with Crippen LogP contribution in [0.5, 0.6) is 0 Å². The van der Waals surface area contributed by atoms with Crippen LogP contribution in [0.3, 0.4) is 0 Å². The Kier molecular flexibility index (Phi) is 4.07. The number of benzene rings is 1. The minimum Gasteiger partial charge on any atom is -0.292 e. The summed E-state index contributed by atoms with van der Waals surface area (Å²) in [6.45, 7) is 1.87. The van der Waals surface area contributed by atoms with Gasteiger partial charge in [0.15, 0.2) is 0 Å². The van der Waals surface area contributed by atoms with E-state index in [4.69, 9.17) is 0 Å². The van der Waals surface area contributed by atoms with Gasteiger partial charge in [0, 0.05) is 3.57 Å². The fourth-order valence-electron chi connectivity index (χ4n) is 2.99. The van der Waals surface area contributed by atoms with E-state index in [1.54, 1.807) is 0 Å². The zero-order chi connectivity index (χ0) is 14.1. The van der Waals surface area contributed by atoms with Gasteiger partial charge in [-0.25, -0.2) is 4.90 Å². The van der Waals surface area contributed by atoms with Gasteiger partial charge in [-0.1, -0.05) is 6.42 Å². The van der Waals surface area contributed by atoms with Crippen molar-refractivity contribution in [3.63, 3.8) is 0 Å². The highest BCUT2D eigenvalue weighted by molar-refractivity contribution is 14.1. The van der Waals surface area contributed by atoms with E-state index >= 15 is 0 Å². The SMILES string of the molecule is O=C1C[C@H](N2CCCCC2)C(=O)N1c1ccc(I)cc1. The molecule has 2 amide bonds. The highest BCUT2D eigenvalue weighted by atomic mass is 127. The van der Waals surface area contributed by atoms with Crippen LogP contribution in [0.15, 0.2) is 24.3 Å². The lowest BCUT2D eigenvalue weighted by molar-refractivity contribution is -0.123. The Balaban J connectivity index is 1.81. The summed E-state index contributed by atoms with van der Waals surface area (Å²) < 4.78 is 1.10. The molecule has 20 heavy (non-hydrogen) atoms. The van der Waals surface area contributed by atoms with Crippen LogP contribution in [0.4, 0.5) is 5.69 Å². The molecule has 2 aliphatic rings. The van der Waals surface area contributed by atoms with Crippen LogP contribution in [0.1, 0.15) is 25.7 Å². The second-order valence-corrected chi connectivity index (χ2v) is 6.61. The number of hydrogen-bond acceptors (Lipinski definition) is 3. The molecule has 4 nitrogen and oxygen atoms in total. The van der Waals surface area contributed by atoms with E-state index in [-0.39, 0.29) is 17.9 Å². The van der Waals surface area contributed by atoms with Crippen LogP contribution >= 0.6 is 22.6 Å². The molecule has 0 aliphatic carbocycles. The van der Waals surface area contributed by atoms with Crippen molar-refractivity contribution in [3.8, 4) is 0 Å². The van der Waals surface area contributed by atoms with Crippen LogP contribution in [0.2, 0.25) is 0 Å². The van der Waals surface area contributed by atoms with Crippen molar-refractivity contribution in [1.82, 2.24) is 4.90 Å². The number of carbonyl (C=O) groups is 2. The molecule has 1 atom stereocenters. The van der Waals surface area contributed by atoms with Crippen molar-refractivity contribution in [2.24, 2.45) is 0 Å². The number of carbonyl (C=O) groups excluding carboxylic acids is 2. The first-order valence-corrected chi connectivity index (χ1v) is 8.11. The molecule has 0 N–H and O–H groups in total. The highest BCUT2D eigenvalue weighted by Gasteiger charge is 2.42. The van der Waals surface area contributed by atoms with E-state index < -0.39 is 0 Å². The molecule has 3 rings (SSSR count).